The van der Waals surface area contributed by atoms with E-state index in [-0.39, 0.29) is 11.1 Å². The molecule has 2 heterocycles. The van der Waals surface area contributed by atoms with Gasteiger partial charge < -0.3 is 9.74 Å². The fraction of sp³-hybridized carbons (Fsp3) is 0.240. The first-order valence-corrected chi connectivity index (χ1v) is 11.6. The van der Waals surface area contributed by atoms with Crippen LogP contribution < -0.4 is 4.90 Å². The molecule has 2 aliphatic rings. The molecule has 3 aromatic rings. The Morgan fingerprint density at radius 1 is 1.03 bits per heavy atom. The number of halogens is 1. The topological polar surface area (TPSA) is 92.7 Å². The Kier molecular flexibility index (Phi) is 5.24. The molecule has 3 aromatic carbocycles. The summed E-state index contributed by atoms with van der Waals surface area (Å²) < 4.78 is 1.02. The SMILES string of the molecule is CN1c2ccc(N=Nc3ccc([N+](=O)[O-])cc3)cc2C(C)(C)C12CC(c1ccc(Br)cc1)=NO2. The van der Waals surface area contributed by atoms with Gasteiger partial charge in [0.25, 0.3) is 5.69 Å². The van der Waals surface area contributed by atoms with Crippen molar-refractivity contribution in [2.24, 2.45) is 15.4 Å². The summed E-state index contributed by atoms with van der Waals surface area (Å²) in [6, 6.07) is 20.0. The molecule has 172 valence electrons. The molecule has 2 aliphatic heterocycles. The van der Waals surface area contributed by atoms with Crippen molar-refractivity contribution in [1.82, 2.24) is 0 Å². The number of nitrogens with zero attached hydrogens (tertiary/aromatic N) is 5. The predicted octanol–water partition coefficient (Wildman–Crippen LogP) is 7.02. The molecule has 34 heavy (non-hydrogen) atoms. The van der Waals surface area contributed by atoms with Crippen LogP contribution in [0.15, 0.2) is 86.6 Å². The lowest BCUT2D eigenvalue weighted by atomic mass is 9.75. The zero-order chi connectivity index (χ0) is 24.1. The van der Waals surface area contributed by atoms with Crippen LogP contribution in [-0.4, -0.2) is 23.4 Å². The Labute approximate surface area is 205 Å². The molecule has 1 unspecified atom stereocenters. The fourth-order valence-corrected chi connectivity index (χ4v) is 4.96. The maximum Gasteiger partial charge on any atom is 0.269 e. The Bertz CT molecular complexity index is 1340. The summed E-state index contributed by atoms with van der Waals surface area (Å²) in [5.74, 6) is 0. The monoisotopic (exact) mass is 519 g/mol. The Balaban J connectivity index is 1.42. The molecule has 0 saturated heterocycles. The van der Waals surface area contributed by atoms with Crippen LogP contribution in [0.2, 0.25) is 0 Å². The third kappa shape index (κ3) is 3.47. The highest BCUT2D eigenvalue weighted by atomic mass is 79.9. The number of nitro benzene ring substituents is 1. The van der Waals surface area contributed by atoms with E-state index in [1.54, 1.807) is 12.1 Å². The molecular weight excluding hydrogens is 498 g/mol. The first-order chi connectivity index (χ1) is 16.2. The first-order valence-electron chi connectivity index (χ1n) is 10.8. The number of oxime groups is 1. The van der Waals surface area contributed by atoms with Crippen molar-refractivity contribution in [3.05, 3.63) is 92.4 Å². The number of benzene rings is 3. The second-order valence-electron chi connectivity index (χ2n) is 8.96. The number of rotatable bonds is 4. The second-order valence-corrected chi connectivity index (χ2v) is 9.87. The van der Waals surface area contributed by atoms with Crippen molar-refractivity contribution in [3.63, 3.8) is 0 Å². The van der Waals surface area contributed by atoms with Crippen LogP contribution in [0.5, 0.6) is 0 Å². The molecule has 0 radical (unpaired) electrons. The van der Waals surface area contributed by atoms with Gasteiger partial charge in [0.15, 0.2) is 0 Å². The molecule has 0 amide bonds. The van der Waals surface area contributed by atoms with E-state index < -0.39 is 10.6 Å². The fourth-order valence-electron chi connectivity index (χ4n) is 4.69. The number of fused-ring (bicyclic) bond motifs is 1. The van der Waals surface area contributed by atoms with Crippen LogP contribution in [-0.2, 0) is 10.3 Å². The first kappa shape index (κ1) is 22.2. The molecule has 9 heteroatoms. The van der Waals surface area contributed by atoms with E-state index in [1.165, 1.54) is 12.1 Å². The van der Waals surface area contributed by atoms with E-state index in [9.17, 15) is 10.1 Å². The Morgan fingerprint density at radius 3 is 2.35 bits per heavy atom. The maximum absolute atomic E-state index is 10.8. The number of azo groups is 1. The van der Waals surface area contributed by atoms with E-state index in [2.05, 4.69) is 50.1 Å². The number of hydrogen-bond donors (Lipinski definition) is 0. The number of nitro groups is 1. The van der Waals surface area contributed by atoms with Gasteiger partial charge in [-0.25, -0.2) is 0 Å². The predicted molar refractivity (Wildman–Crippen MR) is 134 cm³/mol. The lowest BCUT2D eigenvalue weighted by molar-refractivity contribution is -0.384. The van der Waals surface area contributed by atoms with E-state index in [4.69, 9.17) is 4.84 Å². The summed E-state index contributed by atoms with van der Waals surface area (Å²) in [4.78, 5) is 18.8. The lowest BCUT2D eigenvalue weighted by Gasteiger charge is -2.40. The van der Waals surface area contributed by atoms with Crippen molar-refractivity contribution in [2.45, 2.75) is 31.4 Å². The van der Waals surface area contributed by atoms with Crippen LogP contribution in [0.3, 0.4) is 0 Å². The standard InChI is InChI=1S/C25H22BrN5O3/c1-24(2)21-14-19(28-27-18-8-11-20(12-9-18)31(32)33)10-13-23(21)30(3)25(24)15-22(29-34-25)16-4-6-17(26)7-5-16/h4-14H,15H2,1-3H3. The minimum atomic E-state index is -0.647. The molecule has 0 N–H and O–H groups in total. The average molecular weight is 520 g/mol. The normalized spacial score (nSPS) is 20.5. The second kappa shape index (κ2) is 8.02. The van der Waals surface area contributed by atoms with Crippen molar-refractivity contribution >= 4 is 44.4 Å². The molecule has 1 spiro atoms. The maximum atomic E-state index is 10.8. The quantitative estimate of drug-likeness (QED) is 0.210. The Hall–Kier alpha value is -3.59. The van der Waals surface area contributed by atoms with Crippen LogP contribution in [0.1, 0.15) is 31.4 Å². The van der Waals surface area contributed by atoms with Crippen LogP contribution in [0.25, 0.3) is 0 Å². The molecule has 0 saturated carbocycles. The minimum Gasteiger partial charge on any atom is -0.366 e. The lowest BCUT2D eigenvalue weighted by Crippen LogP contribution is -2.54. The number of anilines is 1. The van der Waals surface area contributed by atoms with Crippen molar-refractivity contribution in [3.8, 4) is 0 Å². The highest BCUT2D eigenvalue weighted by Crippen LogP contribution is 2.56. The molecule has 8 nitrogen and oxygen atoms in total. The zero-order valence-corrected chi connectivity index (χ0v) is 20.5. The van der Waals surface area contributed by atoms with Gasteiger partial charge in [0, 0.05) is 29.3 Å². The highest BCUT2D eigenvalue weighted by molar-refractivity contribution is 9.10. The van der Waals surface area contributed by atoms with E-state index in [0.717, 1.165) is 27.0 Å². The van der Waals surface area contributed by atoms with Gasteiger partial charge in [0.2, 0.25) is 5.72 Å². The van der Waals surface area contributed by atoms with Gasteiger partial charge in [-0.2, -0.15) is 10.2 Å². The molecular formula is C25H22BrN5O3. The summed E-state index contributed by atoms with van der Waals surface area (Å²) in [5, 5.41) is 23.9. The molecule has 0 bridgehead atoms. The van der Waals surface area contributed by atoms with Gasteiger partial charge in [-0.3, -0.25) is 10.1 Å². The molecule has 0 fully saturated rings. The minimum absolute atomic E-state index is 0.0212. The molecule has 0 aliphatic carbocycles. The smallest absolute Gasteiger partial charge is 0.269 e. The van der Waals surface area contributed by atoms with Crippen molar-refractivity contribution in [1.29, 1.82) is 0 Å². The average Bonchev–Trinajstić information content (AvgIpc) is 3.35. The van der Waals surface area contributed by atoms with Gasteiger partial charge in [-0.15, -0.1) is 0 Å². The van der Waals surface area contributed by atoms with Gasteiger partial charge in [-0.05, 0) is 67.4 Å². The zero-order valence-electron chi connectivity index (χ0n) is 18.9. The van der Waals surface area contributed by atoms with Crippen molar-refractivity contribution in [2.75, 3.05) is 11.9 Å². The summed E-state index contributed by atoms with van der Waals surface area (Å²) in [6.45, 7) is 4.32. The summed E-state index contributed by atoms with van der Waals surface area (Å²) in [5.41, 5.74) is 4.36. The van der Waals surface area contributed by atoms with Crippen molar-refractivity contribution < 1.29 is 9.76 Å². The highest BCUT2D eigenvalue weighted by Gasteiger charge is 2.61. The molecule has 5 rings (SSSR count). The number of non-ortho nitro benzene ring substituents is 1. The number of hydrogen-bond acceptors (Lipinski definition) is 7. The van der Waals surface area contributed by atoms with E-state index in [0.29, 0.717) is 17.8 Å². The Morgan fingerprint density at radius 2 is 1.68 bits per heavy atom. The van der Waals surface area contributed by atoms with Crippen LogP contribution in [0, 0.1) is 10.1 Å². The van der Waals surface area contributed by atoms with Crippen LogP contribution in [0.4, 0.5) is 22.7 Å². The third-order valence-corrected chi connectivity index (χ3v) is 7.29. The third-order valence-electron chi connectivity index (χ3n) is 6.77. The summed E-state index contributed by atoms with van der Waals surface area (Å²) >= 11 is 3.48. The summed E-state index contributed by atoms with van der Waals surface area (Å²) in [7, 11) is 2.03. The van der Waals surface area contributed by atoms with E-state index in [1.807, 2.05) is 49.5 Å². The van der Waals surface area contributed by atoms with Gasteiger partial charge in [0.1, 0.15) is 0 Å². The largest absolute Gasteiger partial charge is 0.366 e. The van der Waals surface area contributed by atoms with Gasteiger partial charge in [0.05, 0.1) is 33.8 Å². The van der Waals surface area contributed by atoms with Crippen LogP contribution >= 0.6 is 15.9 Å². The number of likely N-dealkylation sites (N-methyl/N-ethyl adjacent to an activating group) is 1. The van der Waals surface area contributed by atoms with Gasteiger partial charge >= 0.3 is 0 Å². The summed E-state index contributed by atoms with van der Waals surface area (Å²) in [6.07, 6.45) is 0.645. The van der Waals surface area contributed by atoms with Gasteiger partial charge in [-0.1, -0.05) is 33.2 Å². The molecule has 0 aromatic heterocycles. The van der Waals surface area contributed by atoms with E-state index >= 15 is 0 Å². The molecule has 1 atom stereocenters.